The summed E-state index contributed by atoms with van der Waals surface area (Å²) < 4.78 is 58.1. The average Bonchev–Trinajstić information content (AvgIpc) is 3.12. The summed E-state index contributed by atoms with van der Waals surface area (Å²) in [4.78, 5) is 12.2. The molecule has 2 N–H and O–H groups in total. The molecule has 2 atom stereocenters. The van der Waals surface area contributed by atoms with Gasteiger partial charge in [-0.2, -0.15) is 17.6 Å². The van der Waals surface area contributed by atoms with Crippen LogP contribution in [-0.2, 0) is 9.53 Å². The smallest absolute Gasteiger partial charge is 0.387 e. The molecular weight excluding hydrogens is 370 g/mol. The van der Waals surface area contributed by atoms with E-state index >= 15 is 0 Å². The van der Waals surface area contributed by atoms with Gasteiger partial charge in [0.15, 0.2) is 0 Å². The number of aliphatic hydroxyl groups is 1. The third-order valence-electron chi connectivity index (χ3n) is 4.55. The lowest BCUT2D eigenvalue weighted by Crippen LogP contribution is -2.35. The lowest BCUT2D eigenvalue weighted by atomic mass is 9.97. The van der Waals surface area contributed by atoms with E-state index in [1.54, 1.807) is 0 Å². The number of hydrogen-bond donors (Lipinski definition) is 2. The fourth-order valence-corrected chi connectivity index (χ4v) is 3.25. The largest absolute Gasteiger partial charge is 0.435 e. The highest BCUT2D eigenvalue weighted by atomic mass is 19.3. The number of hydrogen-bond acceptors (Lipinski definition) is 4. The normalized spacial score (nSPS) is 17.3. The van der Waals surface area contributed by atoms with Gasteiger partial charge in [0, 0.05) is 0 Å². The second-order valence-corrected chi connectivity index (χ2v) is 6.48. The van der Waals surface area contributed by atoms with Crippen LogP contribution in [0.5, 0.6) is 5.75 Å². The van der Waals surface area contributed by atoms with Crippen molar-refractivity contribution in [2.24, 2.45) is 5.92 Å². The number of aliphatic hydroxyl groups excluding tert-OH is 1. The maximum absolute atomic E-state index is 12.4. The first-order valence-electron chi connectivity index (χ1n) is 8.77. The van der Waals surface area contributed by atoms with E-state index in [0.717, 1.165) is 25.7 Å². The Labute approximate surface area is 154 Å². The average molecular weight is 393 g/mol. The maximum atomic E-state index is 12.4. The summed E-state index contributed by atoms with van der Waals surface area (Å²) >= 11 is 0. The van der Waals surface area contributed by atoms with Gasteiger partial charge in [0.2, 0.25) is 5.91 Å². The van der Waals surface area contributed by atoms with Crippen molar-refractivity contribution in [3.8, 4) is 5.75 Å². The Morgan fingerprint density at radius 2 is 1.89 bits per heavy atom. The predicted molar refractivity (Wildman–Crippen MR) is 88.5 cm³/mol. The van der Waals surface area contributed by atoms with Crippen molar-refractivity contribution in [2.75, 3.05) is 6.61 Å². The molecule has 2 rings (SSSR count). The molecule has 0 spiro atoms. The summed E-state index contributed by atoms with van der Waals surface area (Å²) in [5.41, 5.74) is 0.275. The van der Waals surface area contributed by atoms with Gasteiger partial charge in [-0.15, -0.1) is 0 Å². The van der Waals surface area contributed by atoms with Gasteiger partial charge in [0.05, 0.1) is 25.2 Å². The molecule has 1 aliphatic carbocycles. The Bertz CT molecular complexity index is 596. The van der Waals surface area contributed by atoms with Crippen LogP contribution in [0.4, 0.5) is 17.6 Å². The van der Waals surface area contributed by atoms with Gasteiger partial charge in [0.25, 0.3) is 0 Å². The van der Waals surface area contributed by atoms with Crippen LogP contribution in [0.15, 0.2) is 24.3 Å². The summed E-state index contributed by atoms with van der Waals surface area (Å²) in [6.07, 6.45) is 2.73. The molecule has 1 fully saturated rings. The number of halogens is 4. The van der Waals surface area contributed by atoms with Crippen molar-refractivity contribution in [1.29, 1.82) is 0 Å². The van der Waals surface area contributed by atoms with Crippen LogP contribution in [0.1, 0.15) is 43.7 Å². The highest BCUT2D eigenvalue weighted by molar-refractivity contribution is 5.77. The molecule has 5 nitrogen and oxygen atoms in total. The minimum absolute atomic E-state index is 0.0503. The van der Waals surface area contributed by atoms with Gasteiger partial charge < -0.3 is 19.9 Å². The highest BCUT2D eigenvalue weighted by Gasteiger charge is 2.26. The number of benzene rings is 1. The molecule has 0 radical (unpaired) electrons. The van der Waals surface area contributed by atoms with Gasteiger partial charge in [-0.3, -0.25) is 4.79 Å². The molecule has 1 amide bonds. The molecule has 0 bridgehead atoms. The Kier molecular flexibility index (Phi) is 8.30. The van der Waals surface area contributed by atoms with Crippen LogP contribution in [0.2, 0.25) is 0 Å². The molecule has 0 unspecified atom stereocenters. The highest BCUT2D eigenvalue weighted by Crippen LogP contribution is 2.29. The van der Waals surface area contributed by atoms with E-state index in [9.17, 15) is 27.5 Å². The van der Waals surface area contributed by atoms with Crippen molar-refractivity contribution in [3.63, 3.8) is 0 Å². The van der Waals surface area contributed by atoms with Crippen LogP contribution in [-0.4, -0.2) is 36.9 Å². The minimum atomic E-state index is -3.05. The number of nitrogens with one attached hydrogen (secondary N) is 1. The lowest BCUT2D eigenvalue weighted by molar-refractivity contribution is -0.139. The first kappa shape index (κ1) is 21.4. The van der Waals surface area contributed by atoms with Crippen LogP contribution >= 0.6 is 0 Å². The SMILES string of the molecule is O=C(C[C@H](O)C1CCCC1)N[C@@H](COC(F)F)c1cccc(OC(F)F)c1. The molecule has 0 saturated heterocycles. The van der Waals surface area contributed by atoms with Crippen molar-refractivity contribution >= 4 is 5.91 Å². The quantitative estimate of drug-likeness (QED) is 0.596. The summed E-state index contributed by atoms with van der Waals surface area (Å²) in [7, 11) is 0. The van der Waals surface area contributed by atoms with Crippen molar-refractivity contribution in [3.05, 3.63) is 29.8 Å². The molecule has 0 heterocycles. The van der Waals surface area contributed by atoms with E-state index in [1.165, 1.54) is 24.3 Å². The molecular formula is C18H23F4NO4. The van der Waals surface area contributed by atoms with Crippen LogP contribution in [0, 0.1) is 5.92 Å². The van der Waals surface area contributed by atoms with Crippen molar-refractivity contribution in [1.82, 2.24) is 5.32 Å². The number of ether oxygens (including phenoxy) is 2. The monoisotopic (exact) mass is 393 g/mol. The van der Waals surface area contributed by atoms with E-state index in [1.807, 2.05) is 0 Å². The standard InChI is InChI=1S/C18H23F4NO4/c19-17(20)26-10-14(12-6-3-7-13(8-12)27-18(21)22)23-16(25)9-15(24)11-4-1-2-5-11/h3,6-8,11,14-15,17-18,24H,1-2,4-5,9-10H2,(H,23,25)/t14-,15-/m0/s1. The molecule has 1 aromatic carbocycles. The zero-order chi connectivity index (χ0) is 19.8. The molecule has 152 valence electrons. The molecule has 0 aromatic heterocycles. The molecule has 1 aromatic rings. The van der Waals surface area contributed by atoms with Gasteiger partial charge in [-0.25, -0.2) is 0 Å². The van der Waals surface area contributed by atoms with E-state index < -0.39 is 37.9 Å². The third kappa shape index (κ3) is 7.34. The minimum Gasteiger partial charge on any atom is -0.435 e. The van der Waals surface area contributed by atoms with E-state index in [-0.39, 0.29) is 23.7 Å². The Balaban J connectivity index is 2.03. The lowest BCUT2D eigenvalue weighted by Gasteiger charge is -2.22. The summed E-state index contributed by atoms with van der Waals surface area (Å²) in [6.45, 7) is -6.64. The fourth-order valence-electron chi connectivity index (χ4n) is 3.25. The first-order valence-corrected chi connectivity index (χ1v) is 8.77. The molecule has 1 aliphatic rings. The Morgan fingerprint density at radius 1 is 1.19 bits per heavy atom. The Hall–Kier alpha value is -1.87. The molecule has 1 saturated carbocycles. The maximum Gasteiger partial charge on any atom is 0.387 e. The number of amides is 1. The van der Waals surface area contributed by atoms with Gasteiger partial charge in [0.1, 0.15) is 5.75 Å². The van der Waals surface area contributed by atoms with Gasteiger partial charge in [-0.1, -0.05) is 25.0 Å². The number of alkyl halides is 4. The predicted octanol–water partition coefficient (Wildman–Crippen LogP) is 3.63. The fraction of sp³-hybridized carbons (Fsp3) is 0.611. The Morgan fingerprint density at radius 3 is 2.52 bits per heavy atom. The molecule has 27 heavy (non-hydrogen) atoms. The topological polar surface area (TPSA) is 67.8 Å². The van der Waals surface area contributed by atoms with Gasteiger partial charge >= 0.3 is 13.2 Å². The number of rotatable bonds is 10. The van der Waals surface area contributed by atoms with Gasteiger partial charge in [-0.05, 0) is 36.5 Å². The van der Waals surface area contributed by atoms with E-state index in [2.05, 4.69) is 14.8 Å². The summed E-state index contributed by atoms with van der Waals surface area (Å²) in [5.74, 6) is -0.642. The second kappa shape index (κ2) is 10.5. The van der Waals surface area contributed by atoms with E-state index in [0.29, 0.717) is 0 Å². The number of carbonyl (C=O) groups excluding carboxylic acids is 1. The van der Waals surface area contributed by atoms with Crippen LogP contribution in [0.3, 0.4) is 0 Å². The van der Waals surface area contributed by atoms with Crippen LogP contribution < -0.4 is 10.1 Å². The molecule has 9 heteroatoms. The first-order chi connectivity index (χ1) is 12.8. The van der Waals surface area contributed by atoms with Crippen LogP contribution in [0.25, 0.3) is 0 Å². The molecule has 0 aliphatic heterocycles. The zero-order valence-corrected chi connectivity index (χ0v) is 14.6. The van der Waals surface area contributed by atoms with E-state index in [4.69, 9.17) is 0 Å². The summed E-state index contributed by atoms with van der Waals surface area (Å²) in [5, 5.41) is 12.7. The number of carbonyl (C=O) groups is 1. The second-order valence-electron chi connectivity index (χ2n) is 6.48. The third-order valence-corrected chi connectivity index (χ3v) is 4.55. The zero-order valence-electron chi connectivity index (χ0n) is 14.6. The van der Waals surface area contributed by atoms with Crippen molar-refractivity contribution < 1.29 is 36.9 Å². The van der Waals surface area contributed by atoms with Crippen molar-refractivity contribution in [2.45, 2.75) is 57.5 Å². The summed E-state index contributed by atoms with van der Waals surface area (Å²) in [6, 6.07) is 4.39.